The maximum absolute atomic E-state index is 4.46. The Bertz CT molecular complexity index is 574. The van der Waals surface area contributed by atoms with Gasteiger partial charge in [0.05, 0.1) is 17.4 Å². The zero-order valence-corrected chi connectivity index (χ0v) is 13.6. The number of nitrogens with one attached hydrogen (secondary N) is 1. The largest absolute Gasteiger partial charge is 0.309 e. The molecule has 1 N–H and O–H groups in total. The average molecular weight is 286 g/mol. The molecule has 4 nitrogen and oxygen atoms in total. The Morgan fingerprint density at radius 3 is 2.57 bits per heavy atom. The summed E-state index contributed by atoms with van der Waals surface area (Å²) < 4.78 is 1.99. The summed E-state index contributed by atoms with van der Waals surface area (Å²) in [7, 11) is 0. The summed E-state index contributed by atoms with van der Waals surface area (Å²) in [6.07, 6.45) is 2.99. The van der Waals surface area contributed by atoms with Crippen molar-refractivity contribution in [1.82, 2.24) is 20.3 Å². The van der Waals surface area contributed by atoms with Crippen molar-refractivity contribution in [1.29, 1.82) is 0 Å². The van der Waals surface area contributed by atoms with Gasteiger partial charge in [0, 0.05) is 0 Å². The van der Waals surface area contributed by atoms with E-state index in [1.54, 1.807) is 0 Å². The lowest BCUT2D eigenvalue weighted by atomic mass is 10.1. The molecule has 1 unspecified atom stereocenters. The summed E-state index contributed by atoms with van der Waals surface area (Å²) in [4.78, 5) is 0. The van der Waals surface area contributed by atoms with E-state index in [1.807, 2.05) is 4.68 Å². The minimum absolute atomic E-state index is 0.285. The van der Waals surface area contributed by atoms with Crippen molar-refractivity contribution in [3.63, 3.8) is 0 Å². The van der Waals surface area contributed by atoms with E-state index < -0.39 is 0 Å². The zero-order chi connectivity index (χ0) is 15.2. The summed E-state index contributed by atoms with van der Waals surface area (Å²) in [5.41, 5.74) is 4.72. The monoisotopic (exact) mass is 286 g/mol. The third kappa shape index (κ3) is 3.32. The first-order chi connectivity index (χ1) is 10.2. The third-order valence-corrected chi connectivity index (χ3v) is 3.88. The van der Waals surface area contributed by atoms with Crippen LogP contribution < -0.4 is 5.32 Å². The fourth-order valence-corrected chi connectivity index (χ4v) is 2.71. The number of nitrogens with zero attached hydrogens (tertiary/aromatic N) is 3. The van der Waals surface area contributed by atoms with Gasteiger partial charge in [-0.3, -0.25) is 0 Å². The molecule has 0 amide bonds. The van der Waals surface area contributed by atoms with Gasteiger partial charge in [-0.25, -0.2) is 4.68 Å². The molecule has 2 rings (SSSR count). The smallest absolute Gasteiger partial charge is 0.103 e. The predicted octanol–water partition coefficient (Wildman–Crippen LogP) is 3.45. The molecule has 0 aliphatic carbocycles. The molecule has 2 aromatic rings. The zero-order valence-electron chi connectivity index (χ0n) is 13.6. The second-order valence-electron chi connectivity index (χ2n) is 5.23. The lowest BCUT2D eigenvalue weighted by molar-refractivity contribution is 0.520. The van der Waals surface area contributed by atoms with Gasteiger partial charge < -0.3 is 5.32 Å². The average Bonchev–Trinajstić information content (AvgIpc) is 2.96. The molecule has 0 aliphatic rings. The predicted molar refractivity (Wildman–Crippen MR) is 86.8 cm³/mol. The summed E-state index contributed by atoms with van der Waals surface area (Å²) >= 11 is 0. The molecule has 1 atom stereocenters. The van der Waals surface area contributed by atoms with Crippen LogP contribution in [0, 0.1) is 0 Å². The van der Waals surface area contributed by atoms with E-state index in [-0.39, 0.29) is 6.04 Å². The Hall–Kier alpha value is -1.68. The summed E-state index contributed by atoms with van der Waals surface area (Å²) in [5.74, 6) is 0. The first-order valence-corrected chi connectivity index (χ1v) is 8.02. The number of rotatable bonds is 7. The van der Waals surface area contributed by atoms with Gasteiger partial charge in [0.1, 0.15) is 5.69 Å². The molecule has 1 aromatic carbocycles. The minimum atomic E-state index is 0.285. The van der Waals surface area contributed by atoms with Crippen LogP contribution in [0.1, 0.15) is 57.1 Å². The SMILES string of the molecule is CCNC(CC)c1nnn(-c2cccc(CC)c2)c1CC. The van der Waals surface area contributed by atoms with Crippen LogP contribution in [0.5, 0.6) is 0 Å². The van der Waals surface area contributed by atoms with E-state index in [2.05, 4.69) is 67.6 Å². The van der Waals surface area contributed by atoms with E-state index in [4.69, 9.17) is 0 Å². The Kier molecular flexibility index (Phi) is 5.51. The van der Waals surface area contributed by atoms with Crippen molar-refractivity contribution in [2.24, 2.45) is 0 Å². The van der Waals surface area contributed by atoms with Crippen LogP contribution in [0.4, 0.5) is 0 Å². The normalized spacial score (nSPS) is 12.6. The molecule has 21 heavy (non-hydrogen) atoms. The minimum Gasteiger partial charge on any atom is -0.309 e. The second-order valence-corrected chi connectivity index (χ2v) is 5.23. The van der Waals surface area contributed by atoms with Crippen molar-refractivity contribution in [3.05, 3.63) is 41.2 Å². The quantitative estimate of drug-likeness (QED) is 0.847. The number of hydrogen-bond donors (Lipinski definition) is 1. The standard InChI is InChI=1S/C17H26N4/c1-5-13-10-9-11-14(12-13)21-16(7-3)17(19-20-21)15(6-2)18-8-4/h9-12,15,18H,5-8H2,1-4H3. The van der Waals surface area contributed by atoms with Crippen LogP contribution in [-0.4, -0.2) is 21.5 Å². The van der Waals surface area contributed by atoms with Gasteiger partial charge in [0.25, 0.3) is 0 Å². The van der Waals surface area contributed by atoms with E-state index in [1.165, 1.54) is 11.3 Å². The van der Waals surface area contributed by atoms with Gasteiger partial charge in [-0.15, -0.1) is 5.10 Å². The Labute approximate surface area is 127 Å². The van der Waals surface area contributed by atoms with Crippen LogP contribution >= 0.6 is 0 Å². The van der Waals surface area contributed by atoms with Gasteiger partial charge in [-0.2, -0.15) is 0 Å². The Morgan fingerprint density at radius 2 is 1.95 bits per heavy atom. The summed E-state index contributed by atoms with van der Waals surface area (Å²) in [5, 5.41) is 12.4. The van der Waals surface area contributed by atoms with Crippen molar-refractivity contribution < 1.29 is 0 Å². The molecule has 0 spiro atoms. The number of benzene rings is 1. The highest BCUT2D eigenvalue weighted by Crippen LogP contribution is 2.22. The molecule has 0 saturated carbocycles. The van der Waals surface area contributed by atoms with Crippen LogP contribution in [0.2, 0.25) is 0 Å². The molecule has 4 heteroatoms. The molecule has 114 valence electrons. The van der Waals surface area contributed by atoms with Crippen LogP contribution in [0.25, 0.3) is 5.69 Å². The molecule has 0 bridgehead atoms. The molecule has 0 aliphatic heterocycles. The van der Waals surface area contributed by atoms with Crippen molar-refractivity contribution in [2.75, 3.05) is 6.54 Å². The van der Waals surface area contributed by atoms with Crippen molar-refractivity contribution in [2.45, 2.75) is 53.0 Å². The lowest BCUT2D eigenvalue weighted by Gasteiger charge is -2.15. The van der Waals surface area contributed by atoms with E-state index in [9.17, 15) is 0 Å². The van der Waals surface area contributed by atoms with Gasteiger partial charge in [-0.1, -0.05) is 45.0 Å². The maximum Gasteiger partial charge on any atom is 0.103 e. The van der Waals surface area contributed by atoms with Crippen LogP contribution in [-0.2, 0) is 12.8 Å². The highest BCUT2D eigenvalue weighted by atomic mass is 15.4. The topological polar surface area (TPSA) is 42.7 Å². The van der Waals surface area contributed by atoms with E-state index in [0.717, 1.165) is 37.2 Å². The van der Waals surface area contributed by atoms with Crippen LogP contribution in [0.3, 0.4) is 0 Å². The molecule has 0 radical (unpaired) electrons. The molecular weight excluding hydrogens is 260 g/mol. The fraction of sp³-hybridized carbons (Fsp3) is 0.529. The second kappa shape index (κ2) is 7.36. The van der Waals surface area contributed by atoms with Gasteiger partial charge in [0.15, 0.2) is 0 Å². The van der Waals surface area contributed by atoms with Gasteiger partial charge in [-0.05, 0) is 43.5 Å². The number of aryl methyl sites for hydroxylation is 1. The van der Waals surface area contributed by atoms with Gasteiger partial charge >= 0.3 is 0 Å². The third-order valence-electron chi connectivity index (χ3n) is 3.88. The summed E-state index contributed by atoms with van der Waals surface area (Å²) in [6, 6.07) is 8.83. The van der Waals surface area contributed by atoms with Gasteiger partial charge in [0.2, 0.25) is 0 Å². The molecule has 0 fully saturated rings. The fourth-order valence-electron chi connectivity index (χ4n) is 2.71. The first kappa shape index (κ1) is 15.7. The highest BCUT2D eigenvalue weighted by molar-refractivity contribution is 5.37. The van der Waals surface area contributed by atoms with Crippen LogP contribution in [0.15, 0.2) is 24.3 Å². The van der Waals surface area contributed by atoms with Crippen molar-refractivity contribution in [3.8, 4) is 5.69 Å². The maximum atomic E-state index is 4.46. The molecule has 0 saturated heterocycles. The Balaban J connectivity index is 2.43. The number of hydrogen-bond acceptors (Lipinski definition) is 3. The molecule has 1 aromatic heterocycles. The lowest BCUT2D eigenvalue weighted by Crippen LogP contribution is -2.21. The Morgan fingerprint density at radius 1 is 1.14 bits per heavy atom. The highest BCUT2D eigenvalue weighted by Gasteiger charge is 2.19. The molecule has 1 heterocycles. The van der Waals surface area contributed by atoms with Crippen molar-refractivity contribution >= 4 is 0 Å². The van der Waals surface area contributed by atoms with E-state index in [0.29, 0.717) is 0 Å². The summed E-state index contributed by atoms with van der Waals surface area (Å²) in [6.45, 7) is 9.60. The molecular formula is C17H26N4. The van der Waals surface area contributed by atoms with E-state index >= 15 is 0 Å². The number of aromatic nitrogens is 3. The first-order valence-electron chi connectivity index (χ1n) is 8.02.